The molecule has 0 radical (unpaired) electrons. The molecule has 0 aliphatic carbocycles. The van der Waals surface area contributed by atoms with Crippen LogP contribution in [0.3, 0.4) is 0 Å². The van der Waals surface area contributed by atoms with Gasteiger partial charge in [-0.15, -0.1) is 10.2 Å². The number of carbonyl (C=O) groups excluding carboxylic acids is 1. The summed E-state index contributed by atoms with van der Waals surface area (Å²) in [4.78, 5) is 14.0. The van der Waals surface area contributed by atoms with E-state index in [1.165, 1.54) is 0 Å². The predicted octanol–water partition coefficient (Wildman–Crippen LogP) is -0.428. The average Bonchev–Trinajstić information content (AvgIpc) is 2.85. The summed E-state index contributed by atoms with van der Waals surface area (Å²) in [7, 11) is 0. The van der Waals surface area contributed by atoms with Gasteiger partial charge in [0.15, 0.2) is 0 Å². The number of piperidine rings is 1. The summed E-state index contributed by atoms with van der Waals surface area (Å²) in [6.45, 7) is 2.93. The monoisotopic (exact) mass is 280 g/mol. The van der Waals surface area contributed by atoms with E-state index in [2.05, 4.69) is 10.2 Å². The lowest BCUT2D eigenvalue weighted by Crippen LogP contribution is -2.55. The third-order valence-corrected chi connectivity index (χ3v) is 4.34. The number of hydrogen-bond donors (Lipinski definition) is 2. The Morgan fingerprint density at radius 3 is 2.90 bits per heavy atom. The fourth-order valence-electron chi connectivity index (χ4n) is 2.82. The Morgan fingerprint density at radius 1 is 1.35 bits per heavy atom. The number of carbonyl (C=O) groups is 1. The van der Waals surface area contributed by atoms with Gasteiger partial charge in [-0.25, -0.2) is 0 Å². The van der Waals surface area contributed by atoms with Crippen LogP contribution in [0.1, 0.15) is 42.6 Å². The van der Waals surface area contributed by atoms with Crippen molar-refractivity contribution in [1.82, 2.24) is 19.7 Å². The van der Waals surface area contributed by atoms with E-state index in [4.69, 9.17) is 0 Å². The quantitative estimate of drug-likeness (QED) is 0.728. The molecule has 0 bridgehead atoms. The molecule has 0 aromatic carbocycles. The zero-order valence-electron chi connectivity index (χ0n) is 11.6. The maximum atomic E-state index is 12.5. The normalized spacial score (nSPS) is 30.1. The fraction of sp³-hybridized carbons (Fsp3) is 0.769. The van der Waals surface area contributed by atoms with Crippen molar-refractivity contribution >= 4 is 5.91 Å². The third-order valence-electron chi connectivity index (χ3n) is 4.34. The first kappa shape index (κ1) is 13.5. The molecule has 1 amide bonds. The molecule has 2 N–H and O–H groups in total. The van der Waals surface area contributed by atoms with E-state index in [9.17, 15) is 15.0 Å². The van der Waals surface area contributed by atoms with Crippen LogP contribution in [0.2, 0.25) is 0 Å². The molecule has 0 spiro atoms. The highest BCUT2D eigenvalue weighted by molar-refractivity contribution is 5.91. The predicted molar refractivity (Wildman–Crippen MR) is 70.1 cm³/mol. The molecule has 0 saturated carbocycles. The molecule has 3 rings (SSSR count). The fourth-order valence-corrected chi connectivity index (χ4v) is 2.82. The number of aromatic nitrogens is 3. The third kappa shape index (κ3) is 2.20. The summed E-state index contributed by atoms with van der Waals surface area (Å²) < 4.78 is 1.88. The Hall–Kier alpha value is -1.47. The Labute approximate surface area is 117 Å². The van der Waals surface area contributed by atoms with Crippen LogP contribution < -0.4 is 0 Å². The van der Waals surface area contributed by atoms with Crippen LogP contribution in [0.15, 0.2) is 0 Å². The maximum Gasteiger partial charge on any atom is 0.291 e. The smallest absolute Gasteiger partial charge is 0.291 e. The van der Waals surface area contributed by atoms with Gasteiger partial charge in [0.25, 0.3) is 5.91 Å². The van der Waals surface area contributed by atoms with Crippen molar-refractivity contribution in [3.8, 4) is 0 Å². The molecule has 20 heavy (non-hydrogen) atoms. The Bertz CT molecular complexity index is 526. The summed E-state index contributed by atoms with van der Waals surface area (Å²) in [5.41, 5.74) is -1.12. The molecule has 7 heteroatoms. The lowest BCUT2D eigenvalue weighted by atomic mass is 9.91. The van der Waals surface area contributed by atoms with E-state index < -0.39 is 11.7 Å². The van der Waals surface area contributed by atoms with Gasteiger partial charge in [-0.1, -0.05) is 0 Å². The van der Waals surface area contributed by atoms with Gasteiger partial charge in [0.05, 0.1) is 11.7 Å². The lowest BCUT2D eigenvalue weighted by molar-refractivity contribution is -0.100. The molecule has 110 valence electrons. The zero-order valence-corrected chi connectivity index (χ0v) is 11.6. The number of aliphatic hydroxyl groups is 2. The van der Waals surface area contributed by atoms with E-state index in [-0.39, 0.29) is 12.5 Å². The van der Waals surface area contributed by atoms with Crippen LogP contribution in [0.25, 0.3) is 0 Å². The van der Waals surface area contributed by atoms with Crippen molar-refractivity contribution in [2.75, 3.05) is 13.1 Å². The van der Waals surface area contributed by atoms with Gasteiger partial charge in [-0.2, -0.15) is 0 Å². The summed E-state index contributed by atoms with van der Waals surface area (Å²) in [5, 5.41) is 27.9. The van der Waals surface area contributed by atoms with Crippen LogP contribution in [0, 0.1) is 0 Å². The van der Waals surface area contributed by atoms with E-state index >= 15 is 0 Å². The zero-order chi connectivity index (χ0) is 14.3. The first-order valence-electron chi connectivity index (χ1n) is 7.11. The second-order valence-electron chi connectivity index (χ2n) is 5.92. The van der Waals surface area contributed by atoms with Crippen molar-refractivity contribution in [2.24, 2.45) is 0 Å². The second kappa shape index (κ2) is 4.82. The van der Waals surface area contributed by atoms with Gasteiger partial charge in [0, 0.05) is 26.1 Å². The second-order valence-corrected chi connectivity index (χ2v) is 5.92. The number of aryl methyl sites for hydroxylation is 1. The average molecular weight is 280 g/mol. The van der Waals surface area contributed by atoms with Crippen LogP contribution in [0.4, 0.5) is 0 Å². The Kier molecular flexibility index (Phi) is 3.25. The Balaban J connectivity index is 1.78. The van der Waals surface area contributed by atoms with Gasteiger partial charge in [-0.3, -0.25) is 4.79 Å². The number of nitrogens with zero attached hydrogens (tertiary/aromatic N) is 4. The number of β-amino-alcohol motifs (C(OH)–C–C–N with tert-alkyl or cyclic N) is 1. The number of aliphatic hydroxyl groups excluding tert-OH is 1. The standard InChI is InChI=1S/C13H20N4O3/c1-13(20)5-7-16(8-9(13)18)12(19)11-15-14-10-4-2-3-6-17(10)11/h9,18,20H,2-8H2,1H3/t9-,13+/m0/s1. The molecule has 0 unspecified atom stereocenters. The first-order chi connectivity index (χ1) is 9.49. The Morgan fingerprint density at radius 2 is 2.15 bits per heavy atom. The van der Waals surface area contributed by atoms with E-state index in [0.29, 0.717) is 18.8 Å². The molecule has 1 saturated heterocycles. The van der Waals surface area contributed by atoms with Gasteiger partial charge >= 0.3 is 0 Å². The van der Waals surface area contributed by atoms with Gasteiger partial charge in [-0.05, 0) is 26.2 Å². The lowest BCUT2D eigenvalue weighted by Gasteiger charge is -2.39. The minimum absolute atomic E-state index is 0.133. The van der Waals surface area contributed by atoms with E-state index in [0.717, 1.165) is 31.6 Å². The molecule has 7 nitrogen and oxygen atoms in total. The number of hydrogen-bond acceptors (Lipinski definition) is 5. The van der Waals surface area contributed by atoms with E-state index in [1.807, 2.05) is 4.57 Å². The first-order valence-corrected chi connectivity index (χ1v) is 7.11. The number of fused-ring (bicyclic) bond motifs is 1. The molecule has 1 fully saturated rings. The summed E-state index contributed by atoms with van der Waals surface area (Å²) >= 11 is 0. The van der Waals surface area contributed by atoms with Gasteiger partial charge in [0.2, 0.25) is 5.82 Å². The highest BCUT2D eigenvalue weighted by atomic mass is 16.3. The van der Waals surface area contributed by atoms with Gasteiger partial charge < -0.3 is 19.7 Å². The van der Waals surface area contributed by atoms with Crippen LogP contribution in [-0.4, -0.2) is 60.6 Å². The molecule has 3 heterocycles. The highest BCUT2D eigenvalue weighted by Gasteiger charge is 2.39. The van der Waals surface area contributed by atoms with Crippen LogP contribution >= 0.6 is 0 Å². The van der Waals surface area contributed by atoms with Crippen LogP contribution in [0.5, 0.6) is 0 Å². The summed E-state index contributed by atoms with van der Waals surface area (Å²) in [6.07, 6.45) is 2.41. The van der Waals surface area contributed by atoms with Crippen molar-refractivity contribution in [3.63, 3.8) is 0 Å². The molecular formula is C13H20N4O3. The van der Waals surface area contributed by atoms with Crippen molar-refractivity contribution in [3.05, 3.63) is 11.6 Å². The van der Waals surface area contributed by atoms with Crippen molar-refractivity contribution < 1.29 is 15.0 Å². The molecule has 2 atom stereocenters. The number of likely N-dealkylation sites (tertiary alicyclic amines) is 1. The number of rotatable bonds is 1. The topological polar surface area (TPSA) is 91.5 Å². The summed E-state index contributed by atoms with van der Waals surface area (Å²) in [6, 6.07) is 0. The van der Waals surface area contributed by atoms with Crippen molar-refractivity contribution in [1.29, 1.82) is 0 Å². The van der Waals surface area contributed by atoms with Crippen LogP contribution in [-0.2, 0) is 13.0 Å². The minimum Gasteiger partial charge on any atom is -0.388 e. The molecular weight excluding hydrogens is 260 g/mol. The highest BCUT2D eigenvalue weighted by Crippen LogP contribution is 2.23. The van der Waals surface area contributed by atoms with E-state index in [1.54, 1.807) is 11.8 Å². The number of amides is 1. The molecule has 1 aromatic rings. The molecule has 2 aliphatic rings. The largest absolute Gasteiger partial charge is 0.388 e. The molecule has 1 aromatic heterocycles. The SMILES string of the molecule is C[C@@]1(O)CCN(C(=O)c2nnc3n2CCCC3)C[C@@H]1O. The summed E-state index contributed by atoms with van der Waals surface area (Å²) in [5.74, 6) is 1.01. The molecule has 2 aliphatic heterocycles. The van der Waals surface area contributed by atoms with Crippen molar-refractivity contribution in [2.45, 2.75) is 50.9 Å². The maximum absolute atomic E-state index is 12.5. The van der Waals surface area contributed by atoms with Gasteiger partial charge in [0.1, 0.15) is 5.82 Å². The minimum atomic E-state index is -1.12.